The Kier molecular flexibility index (Phi) is 12.3. The average molecular weight is 612 g/mol. The first-order valence-electron chi connectivity index (χ1n) is 16.3. The first-order chi connectivity index (χ1) is 19.9. The molecule has 3 aliphatic rings. The molecule has 1 unspecified atom stereocenters. The van der Waals surface area contributed by atoms with Gasteiger partial charge in [0.05, 0.1) is 17.8 Å². The number of Topliss-reactive ketones (excluding diaryl/α,β-unsaturated/α-hetero) is 1. The molecule has 10 atom stereocenters. The fraction of sp³-hybridized carbons (Fsp3) is 0.939. The lowest BCUT2D eigenvalue weighted by Crippen LogP contribution is -2.59. The Morgan fingerprint density at radius 2 is 1.74 bits per heavy atom. The number of carbonyl (C=O) groups is 2. The number of aliphatic hydroxyl groups excluding tert-OH is 1. The predicted octanol–water partition coefficient (Wildman–Crippen LogP) is 3.05. The second kappa shape index (κ2) is 14.5. The van der Waals surface area contributed by atoms with Crippen LogP contribution in [-0.2, 0) is 28.5 Å². The van der Waals surface area contributed by atoms with Gasteiger partial charge >= 0.3 is 5.97 Å². The number of hydrogen-bond donors (Lipinski definition) is 1. The number of ketones is 1. The molecule has 3 saturated heterocycles. The predicted molar refractivity (Wildman–Crippen MR) is 167 cm³/mol. The van der Waals surface area contributed by atoms with Gasteiger partial charge < -0.3 is 33.9 Å². The van der Waals surface area contributed by atoms with Crippen LogP contribution in [0.2, 0.25) is 0 Å². The molecule has 250 valence electrons. The first-order valence-corrected chi connectivity index (χ1v) is 16.3. The summed E-state index contributed by atoms with van der Waals surface area (Å²) >= 11 is 0. The molecule has 0 aromatic carbocycles. The van der Waals surface area contributed by atoms with E-state index >= 15 is 0 Å². The number of carbonyl (C=O) groups excluding carboxylic acids is 2. The summed E-state index contributed by atoms with van der Waals surface area (Å²) in [6, 6.07) is 0.336. The Labute approximate surface area is 260 Å². The van der Waals surface area contributed by atoms with Crippen molar-refractivity contribution < 1.29 is 33.6 Å². The summed E-state index contributed by atoms with van der Waals surface area (Å²) < 4.78 is 25.0. The van der Waals surface area contributed by atoms with Crippen molar-refractivity contribution in [1.29, 1.82) is 0 Å². The zero-order valence-electron chi connectivity index (χ0n) is 29.0. The molecule has 0 aromatic heterocycles. The van der Waals surface area contributed by atoms with Gasteiger partial charge in [-0.05, 0) is 100 Å². The minimum atomic E-state index is -1.40. The van der Waals surface area contributed by atoms with Crippen LogP contribution in [0.25, 0.3) is 0 Å². The highest BCUT2D eigenvalue weighted by molar-refractivity contribution is 6.04. The summed E-state index contributed by atoms with van der Waals surface area (Å²) in [7, 11) is 7.61. The van der Waals surface area contributed by atoms with Crippen LogP contribution in [0, 0.1) is 23.2 Å². The van der Waals surface area contributed by atoms with E-state index in [1.807, 2.05) is 32.8 Å². The highest BCUT2D eigenvalue weighted by atomic mass is 16.7. The Hall–Kier alpha value is -1.14. The molecular formula is C33H61N3O7. The zero-order valence-corrected chi connectivity index (χ0v) is 29.0. The Morgan fingerprint density at radius 1 is 1.09 bits per heavy atom. The molecule has 43 heavy (non-hydrogen) atoms. The van der Waals surface area contributed by atoms with Crippen LogP contribution >= 0.6 is 0 Å². The van der Waals surface area contributed by atoms with Crippen LogP contribution in [0.15, 0.2) is 0 Å². The first kappa shape index (κ1) is 36.3. The molecule has 3 rings (SSSR count). The van der Waals surface area contributed by atoms with E-state index < -0.39 is 41.4 Å². The summed E-state index contributed by atoms with van der Waals surface area (Å²) in [5.41, 5.74) is -2.30. The van der Waals surface area contributed by atoms with E-state index in [0.717, 1.165) is 26.1 Å². The van der Waals surface area contributed by atoms with Gasteiger partial charge in [0.1, 0.15) is 18.1 Å². The number of rotatable bonds is 6. The molecule has 0 amide bonds. The highest BCUT2D eigenvalue weighted by Gasteiger charge is 2.51. The van der Waals surface area contributed by atoms with E-state index in [1.54, 1.807) is 27.9 Å². The van der Waals surface area contributed by atoms with Crippen LogP contribution in [0.4, 0.5) is 0 Å². The average Bonchev–Trinajstić information content (AvgIpc) is 3.41. The van der Waals surface area contributed by atoms with Crippen molar-refractivity contribution in [3.63, 3.8) is 0 Å². The van der Waals surface area contributed by atoms with Gasteiger partial charge in [-0.3, -0.25) is 14.5 Å². The standard InChI is InChI=1S/C33H61N3O7/c1-20(2)36-14-13-24(18-36)26-19-41-31(39)32(6,7)28(38)23(5)29(33(8,40-12)16-21(3)17-35(26)11)43-30-27(37)25(34(9)10)15-22(4)42-30/h20-27,29-30,37H,13-19H2,1-12H3/t21-,22-,23+,24?,25+,26+,27-,29-,30+,33-/m1/s1. The molecule has 0 saturated carbocycles. The number of ether oxygens (including phenoxy) is 4. The third-order valence-electron chi connectivity index (χ3n) is 10.5. The van der Waals surface area contributed by atoms with Crippen LogP contribution < -0.4 is 0 Å². The van der Waals surface area contributed by atoms with E-state index in [-0.39, 0.29) is 36.5 Å². The molecule has 3 heterocycles. The van der Waals surface area contributed by atoms with Crippen molar-refractivity contribution in [2.75, 3.05) is 54.5 Å². The number of nitrogens with zero attached hydrogens (tertiary/aromatic N) is 3. The number of esters is 1. The lowest BCUT2D eigenvalue weighted by Gasteiger charge is -2.47. The molecule has 0 aromatic rings. The second-order valence-corrected chi connectivity index (χ2v) is 15.0. The molecule has 10 heteroatoms. The van der Waals surface area contributed by atoms with Crippen LogP contribution in [0.5, 0.6) is 0 Å². The van der Waals surface area contributed by atoms with Gasteiger partial charge in [0, 0.05) is 44.2 Å². The van der Waals surface area contributed by atoms with E-state index in [4.69, 9.17) is 18.9 Å². The normalized spacial score (nSPS) is 41.1. The molecule has 0 bridgehead atoms. The van der Waals surface area contributed by atoms with Crippen LogP contribution in [0.1, 0.15) is 74.7 Å². The molecule has 3 fully saturated rings. The van der Waals surface area contributed by atoms with Gasteiger partial charge in [-0.15, -0.1) is 0 Å². The third kappa shape index (κ3) is 8.18. The number of likely N-dealkylation sites (tertiary alicyclic amines) is 1. The molecule has 0 aliphatic carbocycles. The maximum Gasteiger partial charge on any atom is 0.319 e. The minimum absolute atomic E-state index is 0.0373. The van der Waals surface area contributed by atoms with Crippen LogP contribution in [-0.4, -0.2) is 134 Å². The van der Waals surface area contributed by atoms with Gasteiger partial charge in [0.25, 0.3) is 0 Å². The van der Waals surface area contributed by atoms with Crippen molar-refractivity contribution in [3.05, 3.63) is 0 Å². The van der Waals surface area contributed by atoms with E-state index in [9.17, 15) is 14.7 Å². The topological polar surface area (TPSA) is 101 Å². The number of hydrogen-bond acceptors (Lipinski definition) is 10. The van der Waals surface area contributed by atoms with E-state index in [2.05, 4.69) is 37.6 Å². The molecule has 10 nitrogen and oxygen atoms in total. The number of cyclic esters (lactones) is 1. The molecule has 1 N–H and O–H groups in total. The van der Waals surface area contributed by atoms with Crippen molar-refractivity contribution >= 4 is 11.8 Å². The largest absolute Gasteiger partial charge is 0.463 e. The molecule has 0 radical (unpaired) electrons. The van der Waals surface area contributed by atoms with Gasteiger partial charge in [-0.1, -0.05) is 13.8 Å². The summed E-state index contributed by atoms with van der Waals surface area (Å²) in [5.74, 6) is -1.02. The molecular weight excluding hydrogens is 550 g/mol. The van der Waals surface area contributed by atoms with Gasteiger partial charge in [-0.2, -0.15) is 0 Å². The highest BCUT2D eigenvalue weighted by Crippen LogP contribution is 2.38. The van der Waals surface area contributed by atoms with Crippen molar-refractivity contribution in [2.24, 2.45) is 23.2 Å². The third-order valence-corrected chi connectivity index (χ3v) is 10.5. The number of aliphatic hydroxyl groups is 1. The smallest absolute Gasteiger partial charge is 0.319 e. The maximum atomic E-state index is 14.2. The summed E-state index contributed by atoms with van der Waals surface area (Å²) in [6.45, 7) is 18.6. The quantitative estimate of drug-likeness (QED) is 0.356. The Morgan fingerprint density at radius 3 is 2.30 bits per heavy atom. The summed E-state index contributed by atoms with van der Waals surface area (Å²) in [4.78, 5) is 34.6. The fourth-order valence-electron chi connectivity index (χ4n) is 7.66. The summed E-state index contributed by atoms with van der Waals surface area (Å²) in [6.07, 6.45) is -0.495. The monoisotopic (exact) mass is 611 g/mol. The van der Waals surface area contributed by atoms with Crippen molar-refractivity contribution in [2.45, 2.75) is 123 Å². The Bertz CT molecular complexity index is 945. The van der Waals surface area contributed by atoms with Crippen molar-refractivity contribution in [1.82, 2.24) is 14.7 Å². The van der Waals surface area contributed by atoms with Gasteiger partial charge in [-0.25, -0.2) is 0 Å². The maximum absolute atomic E-state index is 14.2. The lowest BCUT2D eigenvalue weighted by molar-refractivity contribution is -0.295. The minimum Gasteiger partial charge on any atom is -0.463 e. The second-order valence-electron chi connectivity index (χ2n) is 15.0. The molecule has 0 spiro atoms. The lowest BCUT2D eigenvalue weighted by atomic mass is 9.74. The Balaban J connectivity index is 1.98. The fourth-order valence-corrected chi connectivity index (χ4v) is 7.66. The van der Waals surface area contributed by atoms with Gasteiger partial charge in [0.2, 0.25) is 0 Å². The van der Waals surface area contributed by atoms with E-state index in [0.29, 0.717) is 24.8 Å². The van der Waals surface area contributed by atoms with Gasteiger partial charge in [0.15, 0.2) is 12.1 Å². The molecule has 3 aliphatic heterocycles. The SMILES string of the molecule is CO[C@]1(C)C[C@@H](C)CN(C)[C@H](C2CCN(C(C)C)C2)COC(=O)C(C)(C)C(=O)[C@H](C)[C@H]1O[C@@H]1O[C@H](C)C[C@H](N(C)C)[C@H]1O. The van der Waals surface area contributed by atoms with Crippen molar-refractivity contribution in [3.8, 4) is 0 Å². The summed E-state index contributed by atoms with van der Waals surface area (Å²) in [5, 5.41) is 11.3. The zero-order chi connectivity index (χ0) is 32.4. The number of likely N-dealkylation sites (N-methyl/N-ethyl adjacent to an activating group) is 2. The number of methoxy groups -OCH3 is 1. The van der Waals surface area contributed by atoms with E-state index in [1.165, 1.54) is 0 Å². The van der Waals surface area contributed by atoms with Crippen LogP contribution in [0.3, 0.4) is 0 Å².